The normalized spacial score (nSPS) is 22.9. The third-order valence-electron chi connectivity index (χ3n) is 4.85. The number of carbonyl (C=O) groups is 1. The molecule has 1 aromatic heterocycles. The summed E-state index contributed by atoms with van der Waals surface area (Å²) in [7, 11) is 0. The van der Waals surface area contributed by atoms with Crippen LogP contribution in [0, 0.1) is 11.3 Å². The van der Waals surface area contributed by atoms with Crippen molar-refractivity contribution in [3.05, 3.63) is 5.82 Å². The Kier molecular flexibility index (Phi) is 4.96. The van der Waals surface area contributed by atoms with Crippen LogP contribution < -0.4 is 0 Å². The van der Waals surface area contributed by atoms with Gasteiger partial charge in [0.1, 0.15) is 0 Å². The first kappa shape index (κ1) is 15.9. The van der Waals surface area contributed by atoms with Crippen molar-refractivity contribution in [1.82, 2.24) is 20.2 Å². The number of nitrogens with zero attached hydrogens (tertiary/aromatic N) is 4. The van der Waals surface area contributed by atoms with Gasteiger partial charge in [-0.1, -0.05) is 40.0 Å². The lowest BCUT2D eigenvalue weighted by Gasteiger charge is -2.37. The number of hydrogen-bond donors (Lipinski definition) is 1. The van der Waals surface area contributed by atoms with E-state index in [9.17, 15) is 4.79 Å². The lowest BCUT2D eigenvalue weighted by molar-refractivity contribution is -0.138. The average molecular weight is 294 g/mol. The van der Waals surface area contributed by atoms with Crippen LogP contribution in [0.4, 0.5) is 0 Å². The van der Waals surface area contributed by atoms with Gasteiger partial charge in [0.2, 0.25) is 0 Å². The first-order chi connectivity index (χ1) is 9.94. The van der Waals surface area contributed by atoms with Crippen LogP contribution in [0.5, 0.6) is 0 Å². The first-order valence-electron chi connectivity index (χ1n) is 7.92. The van der Waals surface area contributed by atoms with E-state index in [2.05, 4.69) is 29.4 Å². The molecule has 0 amide bonds. The van der Waals surface area contributed by atoms with E-state index in [1.807, 2.05) is 11.6 Å². The smallest absolute Gasteiger partial charge is 0.303 e. The summed E-state index contributed by atoms with van der Waals surface area (Å²) in [6, 6.07) is 0. The van der Waals surface area contributed by atoms with E-state index in [0.29, 0.717) is 12.5 Å². The maximum atomic E-state index is 10.9. The first-order valence-corrected chi connectivity index (χ1v) is 7.92. The second-order valence-electron chi connectivity index (χ2n) is 6.88. The zero-order valence-corrected chi connectivity index (χ0v) is 13.2. The summed E-state index contributed by atoms with van der Waals surface area (Å²) in [5.41, 5.74) is 0.208. The van der Waals surface area contributed by atoms with Gasteiger partial charge in [-0.2, -0.15) is 0 Å². The molecular weight excluding hydrogens is 268 g/mol. The summed E-state index contributed by atoms with van der Waals surface area (Å²) < 4.78 is 1.84. The molecule has 118 valence electrons. The summed E-state index contributed by atoms with van der Waals surface area (Å²) in [6.07, 6.45) is 5.78. The summed E-state index contributed by atoms with van der Waals surface area (Å²) >= 11 is 0. The van der Waals surface area contributed by atoms with E-state index < -0.39 is 5.97 Å². The molecule has 1 N–H and O–H groups in total. The highest BCUT2D eigenvalue weighted by atomic mass is 16.4. The van der Waals surface area contributed by atoms with E-state index in [0.717, 1.165) is 18.7 Å². The van der Waals surface area contributed by atoms with E-state index >= 15 is 0 Å². The van der Waals surface area contributed by atoms with Crippen molar-refractivity contribution >= 4 is 5.97 Å². The van der Waals surface area contributed by atoms with Crippen molar-refractivity contribution in [2.75, 3.05) is 0 Å². The number of carboxylic acids is 1. The number of rotatable bonds is 6. The van der Waals surface area contributed by atoms with Crippen LogP contribution in [0.25, 0.3) is 0 Å². The van der Waals surface area contributed by atoms with Crippen LogP contribution in [0.2, 0.25) is 0 Å². The van der Waals surface area contributed by atoms with Crippen molar-refractivity contribution in [1.29, 1.82) is 0 Å². The summed E-state index contributed by atoms with van der Waals surface area (Å²) in [6.45, 7) is 7.18. The fourth-order valence-electron chi connectivity index (χ4n) is 3.39. The van der Waals surface area contributed by atoms with Gasteiger partial charge >= 0.3 is 5.97 Å². The van der Waals surface area contributed by atoms with E-state index in [1.54, 1.807) is 0 Å². The van der Waals surface area contributed by atoms with Gasteiger partial charge < -0.3 is 5.11 Å². The number of aromatic nitrogens is 4. The van der Waals surface area contributed by atoms with Crippen LogP contribution in [0.3, 0.4) is 0 Å². The van der Waals surface area contributed by atoms with Crippen LogP contribution in [-0.2, 0) is 11.3 Å². The SMILES string of the molecule is CCC(CC(=O)O)Cn1nnnc1C1CCCCC1(C)C. The van der Waals surface area contributed by atoms with Gasteiger partial charge in [-0.05, 0) is 34.6 Å². The van der Waals surface area contributed by atoms with Crippen LogP contribution >= 0.6 is 0 Å². The highest BCUT2D eigenvalue weighted by Crippen LogP contribution is 2.45. The predicted molar refractivity (Wildman–Crippen MR) is 78.8 cm³/mol. The number of hydrogen-bond acceptors (Lipinski definition) is 4. The molecule has 2 atom stereocenters. The molecule has 1 aliphatic carbocycles. The number of aliphatic carboxylic acids is 1. The Labute approximate surface area is 125 Å². The van der Waals surface area contributed by atoms with Gasteiger partial charge in [-0.3, -0.25) is 4.79 Å². The molecule has 1 aromatic rings. The Morgan fingerprint density at radius 1 is 1.48 bits per heavy atom. The van der Waals surface area contributed by atoms with Crippen molar-refractivity contribution in [2.24, 2.45) is 11.3 Å². The minimum atomic E-state index is -0.755. The molecular formula is C15H26N4O2. The molecule has 6 nitrogen and oxygen atoms in total. The standard InChI is InChI=1S/C15H26N4O2/c1-4-11(9-13(20)21)10-19-14(16-17-18-19)12-7-5-6-8-15(12,2)3/h11-12H,4-10H2,1-3H3,(H,20,21). The molecule has 0 spiro atoms. The van der Waals surface area contributed by atoms with Gasteiger partial charge in [0, 0.05) is 18.9 Å². The quantitative estimate of drug-likeness (QED) is 0.872. The van der Waals surface area contributed by atoms with Crippen LogP contribution in [0.15, 0.2) is 0 Å². The zero-order chi connectivity index (χ0) is 15.5. The van der Waals surface area contributed by atoms with E-state index in [-0.39, 0.29) is 17.8 Å². The number of carboxylic acid groups (broad SMARTS) is 1. The molecule has 0 radical (unpaired) electrons. The number of tetrazole rings is 1. The fraction of sp³-hybridized carbons (Fsp3) is 0.867. The maximum Gasteiger partial charge on any atom is 0.303 e. The molecule has 1 heterocycles. The molecule has 0 aliphatic heterocycles. The third kappa shape index (κ3) is 3.80. The van der Waals surface area contributed by atoms with Gasteiger partial charge in [0.25, 0.3) is 0 Å². The third-order valence-corrected chi connectivity index (χ3v) is 4.85. The molecule has 0 aromatic carbocycles. The van der Waals surface area contributed by atoms with Gasteiger partial charge in [-0.15, -0.1) is 5.10 Å². The molecule has 1 saturated carbocycles. The van der Waals surface area contributed by atoms with E-state index in [1.165, 1.54) is 19.3 Å². The second kappa shape index (κ2) is 6.54. The molecule has 6 heteroatoms. The molecule has 0 saturated heterocycles. The van der Waals surface area contributed by atoms with Gasteiger partial charge in [-0.25, -0.2) is 4.68 Å². The maximum absolute atomic E-state index is 10.9. The lowest BCUT2D eigenvalue weighted by atomic mass is 9.68. The summed E-state index contributed by atoms with van der Waals surface area (Å²) in [5, 5.41) is 21.2. The fourth-order valence-corrected chi connectivity index (χ4v) is 3.39. The van der Waals surface area contributed by atoms with Crippen LogP contribution in [0.1, 0.15) is 71.0 Å². The van der Waals surface area contributed by atoms with Crippen LogP contribution in [-0.4, -0.2) is 31.3 Å². The van der Waals surface area contributed by atoms with Gasteiger partial charge in [0.05, 0.1) is 0 Å². The monoisotopic (exact) mass is 294 g/mol. The molecule has 0 bridgehead atoms. The van der Waals surface area contributed by atoms with E-state index in [4.69, 9.17) is 5.11 Å². The minimum absolute atomic E-state index is 0.0800. The Hall–Kier alpha value is -1.46. The average Bonchev–Trinajstić information content (AvgIpc) is 2.84. The molecule has 2 unspecified atom stereocenters. The molecule has 2 rings (SSSR count). The largest absolute Gasteiger partial charge is 0.481 e. The Balaban J connectivity index is 2.16. The summed E-state index contributed by atoms with van der Waals surface area (Å²) in [4.78, 5) is 10.9. The van der Waals surface area contributed by atoms with Gasteiger partial charge in [0.15, 0.2) is 5.82 Å². The molecule has 1 aliphatic rings. The van der Waals surface area contributed by atoms with Crippen molar-refractivity contribution < 1.29 is 9.90 Å². The Bertz CT molecular complexity index is 484. The Morgan fingerprint density at radius 2 is 2.24 bits per heavy atom. The Morgan fingerprint density at radius 3 is 2.86 bits per heavy atom. The highest BCUT2D eigenvalue weighted by molar-refractivity contribution is 5.66. The van der Waals surface area contributed by atoms with Crippen molar-refractivity contribution in [2.45, 2.75) is 71.8 Å². The van der Waals surface area contributed by atoms with Crippen molar-refractivity contribution in [3.8, 4) is 0 Å². The lowest BCUT2D eigenvalue weighted by Crippen LogP contribution is -2.29. The van der Waals surface area contributed by atoms with Crippen molar-refractivity contribution in [3.63, 3.8) is 0 Å². The zero-order valence-electron chi connectivity index (χ0n) is 13.2. The predicted octanol–water partition coefficient (Wildman–Crippen LogP) is 2.86. The minimum Gasteiger partial charge on any atom is -0.481 e. The topological polar surface area (TPSA) is 80.9 Å². The summed E-state index contributed by atoms with van der Waals surface area (Å²) in [5.74, 6) is 0.623. The second-order valence-corrected chi connectivity index (χ2v) is 6.88. The molecule has 1 fully saturated rings. The molecule has 21 heavy (non-hydrogen) atoms. The highest BCUT2D eigenvalue weighted by Gasteiger charge is 2.37.